The second-order valence-corrected chi connectivity index (χ2v) is 33.5. The molecule has 131 heavy (non-hydrogen) atoms. The van der Waals surface area contributed by atoms with Crippen LogP contribution >= 0.6 is 0 Å². The Morgan fingerprint density at radius 1 is 0.198 bits per heavy atom. The van der Waals surface area contributed by atoms with Crippen LogP contribution in [0.25, 0.3) is 244 Å². The molecule has 28 rings (SSSR count). The Balaban J connectivity index is 0.000000103. The fraction of sp³-hybridized carbons (Fsp3) is 0.00847. The molecule has 0 saturated heterocycles. The van der Waals surface area contributed by atoms with Crippen molar-refractivity contribution in [2.75, 3.05) is 0 Å². The zero-order valence-electron chi connectivity index (χ0n) is 70.6. The maximum absolute atomic E-state index is 14.4. The number of halogens is 1. The molecule has 0 spiro atoms. The molecule has 0 radical (unpaired) electrons. The molecule has 0 unspecified atom stereocenters. The maximum atomic E-state index is 14.4. The number of nitrogens with zero attached hydrogens (tertiary/aromatic N) is 9. The van der Waals surface area contributed by atoms with Gasteiger partial charge < -0.3 is 27.0 Å². The smallest absolute Gasteiger partial charge is 0.145 e. The molecule has 0 aliphatic heterocycles. The van der Waals surface area contributed by atoms with Crippen LogP contribution in [0.3, 0.4) is 0 Å². The van der Waals surface area contributed by atoms with Crippen molar-refractivity contribution in [1.82, 2.24) is 42.4 Å². The molecule has 0 aliphatic carbocycles. The lowest BCUT2D eigenvalue weighted by Gasteiger charge is -2.13. The number of aromatic nitrogens is 9. The Hall–Kier alpha value is -17.7. The van der Waals surface area contributed by atoms with E-state index in [4.69, 9.17) is 28.2 Å². The third-order valence-electron chi connectivity index (χ3n) is 25.9. The molecule has 0 atom stereocenters. The van der Waals surface area contributed by atoms with Gasteiger partial charge in [-0.2, -0.15) is 0 Å². The summed E-state index contributed by atoms with van der Waals surface area (Å²) in [5.41, 5.74) is 30.8. The normalized spacial score (nSPS) is 11.9. The van der Waals surface area contributed by atoms with Gasteiger partial charge >= 0.3 is 0 Å². The van der Waals surface area contributed by atoms with Crippen molar-refractivity contribution in [3.8, 4) is 79.4 Å². The van der Waals surface area contributed by atoms with Crippen molar-refractivity contribution in [2.24, 2.45) is 0 Å². The molecule has 0 saturated carbocycles. The minimum absolute atomic E-state index is 0.290. The highest BCUT2D eigenvalue weighted by molar-refractivity contribution is 6.27. The van der Waals surface area contributed by atoms with E-state index in [-0.39, 0.29) is 5.82 Å². The largest absolute Gasteiger partial charge is 0.455 e. The number of rotatable bonds is 10. The molecule has 0 bridgehead atoms. The summed E-state index contributed by atoms with van der Waals surface area (Å²) in [6.07, 6.45) is 0. The minimum Gasteiger partial charge on any atom is -0.455 e. The van der Waals surface area contributed by atoms with Gasteiger partial charge in [-0.05, 0) is 206 Å². The van der Waals surface area contributed by atoms with E-state index in [2.05, 4.69) is 351 Å². The van der Waals surface area contributed by atoms with Gasteiger partial charge in [0.15, 0.2) is 0 Å². The van der Waals surface area contributed by atoms with Gasteiger partial charge in [-0.1, -0.05) is 243 Å². The number of hydrogen-bond acceptors (Lipinski definition) is 6. The van der Waals surface area contributed by atoms with Crippen molar-refractivity contribution in [3.63, 3.8) is 0 Å². The van der Waals surface area contributed by atoms with Crippen molar-refractivity contribution in [2.45, 2.75) is 6.92 Å². The van der Waals surface area contributed by atoms with E-state index in [1.54, 1.807) is 12.1 Å². The summed E-state index contributed by atoms with van der Waals surface area (Å²) in [4.78, 5) is 15.1. The number of furan rings is 3. The first-order valence-corrected chi connectivity index (χ1v) is 44.0. The molecule has 19 aromatic carbocycles. The highest BCUT2D eigenvalue weighted by Crippen LogP contribution is 2.47. The average Bonchev–Trinajstić information content (AvgIpc) is 1.57. The van der Waals surface area contributed by atoms with Crippen LogP contribution in [0.4, 0.5) is 4.39 Å². The third-order valence-corrected chi connectivity index (χ3v) is 25.9. The molecule has 0 N–H and O–H groups in total. The van der Waals surface area contributed by atoms with E-state index in [0.29, 0.717) is 0 Å². The van der Waals surface area contributed by atoms with Gasteiger partial charge in [-0.25, -0.2) is 19.3 Å². The molecule has 28 aromatic rings. The lowest BCUT2D eigenvalue weighted by Crippen LogP contribution is -1.99. The van der Waals surface area contributed by atoms with Crippen molar-refractivity contribution in [3.05, 3.63) is 442 Å². The minimum atomic E-state index is -0.290. The van der Waals surface area contributed by atoms with E-state index in [1.165, 1.54) is 22.4 Å². The zero-order chi connectivity index (χ0) is 86.5. The number of aryl methyl sites for hydroxylation is 1. The van der Waals surface area contributed by atoms with Crippen LogP contribution in [0.2, 0.25) is 0 Å². The van der Waals surface area contributed by atoms with Crippen LogP contribution in [0.15, 0.2) is 444 Å². The Morgan fingerprint density at radius 3 is 0.916 bits per heavy atom. The van der Waals surface area contributed by atoms with Crippen LogP contribution in [0, 0.1) is 12.7 Å². The SMILES string of the molecule is Cc1ccc2nc(-c3ccccc3)n(-c3ccc(-n4c5ccccc5c5c6oc7ccccc7c6ccc54)cc3)c2c1.Fc1ccc2nc(-c3ccccc3)n(-c3ccc(-n4c5ccccc5c5c6oc7ccccc7c6ccc54)cc3)c2c1.c1ccc(-c2nc3cc(-c4ccc(-n5c6ccccc6c6c7oc8ccccc8c7ccc65)cc4)ccc3n2-c2ccccc2)cc1. The third kappa shape index (κ3) is 12.1. The lowest BCUT2D eigenvalue weighted by atomic mass is 10.0. The molecule has 616 valence electrons. The summed E-state index contributed by atoms with van der Waals surface area (Å²) in [7, 11) is 0. The molecule has 0 amide bonds. The van der Waals surface area contributed by atoms with Crippen molar-refractivity contribution >= 4 is 164 Å². The summed E-state index contributed by atoms with van der Waals surface area (Å²) < 4.78 is 47.3. The number of benzene rings is 19. The Labute approximate surface area is 747 Å². The van der Waals surface area contributed by atoms with Gasteiger partial charge in [-0.15, -0.1) is 0 Å². The summed E-state index contributed by atoms with van der Waals surface area (Å²) in [6, 6.07) is 149. The van der Waals surface area contributed by atoms with Gasteiger partial charge in [0.05, 0.1) is 82.4 Å². The van der Waals surface area contributed by atoms with E-state index < -0.39 is 0 Å². The number of fused-ring (bicyclic) bond motifs is 24. The molecular weight excluding hydrogens is 1610 g/mol. The summed E-state index contributed by atoms with van der Waals surface area (Å²) in [6.45, 7) is 2.13. The molecule has 9 heterocycles. The zero-order valence-corrected chi connectivity index (χ0v) is 70.6. The second kappa shape index (κ2) is 30.0. The Bertz CT molecular complexity index is 9070. The predicted octanol–water partition coefficient (Wildman–Crippen LogP) is 31.2. The van der Waals surface area contributed by atoms with Crippen molar-refractivity contribution < 1.29 is 17.6 Å². The van der Waals surface area contributed by atoms with E-state index in [9.17, 15) is 4.39 Å². The summed E-state index contributed by atoms with van der Waals surface area (Å²) in [5.74, 6) is 2.35. The number of hydrogen-bond donors (Lipinski definition) is 0. The molecule has 0 aliphatic rings. The quantitative estimate of drug-likeness (QED) is 0.135. The first kappa shape index (κ1) is 74.7. The Morgan fingerprint density at radius 2 is 0.504 bits per heavy atom. The highest BCUT2D eigenvalue weighted by atomic mass is 19.1. The van der Waals surface area contributed by atoms with Crippen LogP contribution < -0.4 is 0 Å². The van der Waals surface area contributed by atoms with Gasteiger partial charge in [-0.3, -0.25) is 13.7 Å². The Kier molecular flexibility index (Phi) is 17.1. The number of imidazole rings is 3. The highest BCUT2D eigenvalue weighted by Gasteiger charge is 2.26. The molecule has 13 heteroatoms. The van der Waals surface area contributed by atoms with Crippen LogP contribution in [0.5, 0.6) is 0 Å². The van der Waals surface area contributed by atoms with Gasteiger partial charge in [0.2, 0.25) is 0 Å². The standard InChI is InChI=1S/C43H27N3O.C38H25N3O.C37H22FN3O/c1-3-11-29(12-4-1)43-44-36-27-30(21-25-38(36)46(43)31-13-5-2-6-14-31)28-19-22-32(23-20-28)45-37-17-9-7-16-35(37)41-39(45)26-24-34-33-15-8-10-18-40(33)47-42(34)41;1-24-15-21-31-34(23-24)41(38(39-31)25-9-3-2-4-10-25)27-18-16-26(17-19-27)40-32-13-7-5-12-30(32)36-33(40)22-20-29-28-11-6-8-14-35(28)42-37(29)36;38-24-14-20-30-33(22-24)41(37(39-30)23-8-2-1-3-9-23)26-17-15-25(16-18-26)40-31-12-6-4-11-29(31)35-32(40)21-19-28-27-10-5-7-13-34(27)42-36(28)35/h1-27H;2-23H,1H3;1-22H. The molecule has 9 aromatic heterocycles. The first-order chi connectivity index (χ1) is 64.8. The van der Waals surface area contributed by atoms with E-state index in [1.807, 2.05) is 95.6 Å². The molecule has 0 fully saturated rings. The van der Waals surface area contributed by atoms with Crippen LogP contribution in [0.1, 0.15) is 5.56 Å². The average molecular weight is 1680 g/mol. The summed E-state index contributed by atoms with van der Waals surface area (Å²) >= 11 is 0. The maximum Gasteiger partial charge on any atom is 0.145 e. The molecular formula is C118H74FN9O3. The van der Waals surface area contributed by atoms with E-state index in [0.717, 1.165) is 233 Å². The van der Waals surface area contributed by atoms with Gasteiger partial charge in [0.1, 0.15) is 56.8 Å². The first-order valence-electron chi connectivity index (χ1n) is 44.0. The van der Waals surface area contributed by atoms with E-state index >= 15 is 0 Å². The number of para-hydroxylation sites is 7. The fourth-order valence-electron chi connectivity index (χ4n) is 20.0. The second-order valence-electron chi connectivity index (χ2n) is 33.5. The monoisotopic (exact) mass is 1680 g/mol. The van der Waals surface area contributed by atoms with Crippen LogP contribution in [-0.4, -0.2) is 42.4 Å². The van der Waals surface area contributed by atoms with Crippen LogP contribution in [-0.2, 0) is 0 Å². The molecule has 12 nitrogen and oxygen atoms in total. The van der Waals surface area contributed by atoms with Gasteiger partial charge in [0.25, 0.3) is 0 Å². The lowest BCUT2D eigenvalue weighted by molar-refractivity contribution is 0.629. The van der Waals surface area contributed by atoms with Gasteiger partial charge in [0, 0.05) is 105 Å². The summed E-state index contributed by atoms with van der Waals surface area (Å²) in [5, 5.41) is 13.7. The van der Waals surface area contributed by atoms with Crippen molar-refractivity contribution in [1.29, 1.82) is 0 Å². The fourth-order valence-corrected chi connectivity index (χ4v) is 20.0. The predicted molar refractivity (Wildman–Crippen MR) is 535 cm³/mol. The topological polar surface area (TPSA) is 108 Å².